The number of hydrogen-bond donors (Lipinski definition) is 0. The number of rotatable bonds is 4. The highest BCUT2D eigenvalue weighted by Gasteiger charge is 2.30. The Morgan fingerprint density at radius 1 is 1.12 bits per heavy atom. The van der Waals surface area contributed by atoms with Gasteiger partial charge in [-0.2, -0.15) is 13.2 Å². The fraction of sp³-hybridized carbons (Fsp3) is 0.167. The molecule has 0 saturated carbocycles. The summed E-state index contributed by atoms with van der Waals surface area (Å²) < 4.78 is 40.3. The smallest absolute Gasteiger partial charge is 0.322 e. The molecule has 0 spiro atoms. The molecular formula is C18H14ClF3N2S. The lowest BCUT2D eigenvalue weighted by atomic mass is 10.1. The van der Waals surface area contributed by atoms with E-state index < -0.39 is 11.7 Å². The molecule has 3 aromatic rings. The maximum Gasteiger partial charge on any atom is 0.416 e. The van der Waals surface area contributed by atoms with E-state index in [0.717, 1.165) is 22.5 Å². The Kier molecular flexibility index (Phi) is 5.11. The van der Waals surface area contributed by atoms with Crippen molar-refractivity contribution in [3.8, 4) is 11.3 Å². The molecule has 2 nitrogen and oxygen atoms in total. The van der Waals surface area contributed by atoms with E-state index in [1.54, 1.807) is 24.4 Å². The van der Waals surface area contributed by atoms with Gasteiger partial charge in [0.05, 0.1) is 17.5 Å². The largest absolute Gasteiger partial charge is 0.416 e. The molecule has 0 atom stereocenters. The lowest BCUT2D eigenvalue weighted by molar-refractivity contribution is -0.137. The lowest BCUT2D eigenvalue weighted by Crippen LogP contribution is -2.05. The van der Waals surface area contributed by atoms with Crippen molar-refractivity contribution in [3.05, 3.63) is 70.9 Å². The first-order valence-corrected chi connectivity index (χ1v) is 8.77. The van der Waals surface area contributed by atoms with Gasteiger partial charge in [0.1, 0.15) is 0 Å². The molecule has 0 bridgehead atoms. The van der Waals surface area contributed by atoms with Crippen LogP contribution in [0.4, 0.5) is 13.2 Å². The van der Waals surface area contributed by atoms with Crippen molar-refractivity contribution >= 4 is 23.4 Å². The average molecular weight is 383 g/mol. The quantitative estimate of drug-likeness (QED) is 0.511. The molecule has 0 aliphatic carbocycles. The monoisotopic (exact) mass is 382 g/mol. The summed E-state index contributed by atoms with van der Waals surface area (Å²) in [6, 6.07) is 12.8. The van der Waals surface area contributed by atoms with E-state index in [9.17, 15) is 13.2 Å². The first-order valence-electron chi connectivity index (χ1n) is 7.41. The van der Waals surface area contributed by atoms with E-state index in [0.29, 0.717) is 16.3 Å². The van der Waals surface area contributed by atoms with Gasteiger partial charge in [-0.1, -0.05) is 53.7 Å². The van der Waals surface area contributed by atoms with Crippen molar-refractivity contribution in [3.63, 3.8) is 0 Å². The molecular weight excluding hydrogens is 369 g/mol. The zero-order chi connectivity index (χ0) is 18.0. The Bertz CT molecular complexity index is 873. The molecule has 0 aliphatic heterocycles. The Labute approximate surface area is 152 Å². The summed E-state index contributed by atoms with van der Waals surface area (Å²) in [5.41, 5.74) is 1.87. The van der Waals surface area contributed by atoms with Crippen molar-refractivity contribution < 1.29 is 13.2 Å². The number of alkyl halides is 3. The number of thioether (sulfide) groups is 1. The van der Waals surface area contributed by atoms with E-state index in [1.807, 2.05) is 23.7 Å². The Morgan fingerprint density at radius 3 is 2.52 bits per heavy atom. The highest BCUT2D eigenvalue weighted by molar-refractivity contribution is 7.98. The normalized spacial score (nSPS) is 11.7. The molecule has 0 unspecified atom stereocenters. The summed E-state index contributed by atoms with van der Waals surface area (Å²) in [6.45, 7) is 0. The van der Waals surface area contributed by atoms with Crippen LogP contribution in [0.5, 0.6) is 0 Å². The minimum Gasteiger partial charge on any atom is -0.322 e. The third-order valence-corrected chi connectivity index (χ3v) is 5.07. The molecule has 0 aliphatic rings. The van der Waals surface area contributed by atoms with Crippen molar-refractivity contribution in [2.24, 2.45) is 7.05 Å². The van der Waals surface area contributed by atoms with Gasteiger partial charge in [0.2, 0.25) is 0 Å². The van der Waals surface area contributed by atoms with Crippen LogP contribution in [0.15, 0.2) is 59.9 Å². The van der Waals surface area contributed by atoms with Crippen molar-refractivity contribution in [2.45, 2.75) is 17.1 Å². The van der Waals surface area contributed by atoms with Crippen LogP contribution in [0.3, 0.4) is 0 Å². The van der Waals surface area contributed by atoms with Gasteiger partial charge in [0.25, 0.3) is 0 Å². The molecule has 2 aromatic carbocycles. The number of nitrogens with zero attached hydrogens (tertiary/aromatic N) is 2. The van der Waals surface area contributed by atoms with Crippen LogP contribution in [-0.2, 0) is 19.0 Å². The van der Waals surface area contributed by atoms with Crippen LogP contribution < -0.4 is 0 Å². The second-order valence-electron chi connectivity index (χ2n) is 5.48. The summed E-state index contributed by atoms with van der Waals surface area (Å²) in [5, 5.41) is 1.40. The van der Waals surface area contributed by atoms with Gasteiger partial charge in [0.15, 0.2) is 5.16 Å². The predicted molar refractivity (Wildman–Crippen MR) is 94.7 cm³/mol. The maximum atomic E-state index is 12.8. The maximum absolute atomic E-state index is 12.8. The third-order valence-electron chi connectivity index (χ3n) is 3.71. The molecule has 0 N–H and O–H groups in total. The summed E-state index contributed by atoms with van der Waals surface area (Å²) >= 11 is 7.30. The predicted octanol–water partition coefficient (Wildman–Crippen LogP) is 6.05. The fourth-order valence-corrected chi connectivity index (χ4v) is 3.42. The van der Waals surface area contributed by atoms with E-state index in [4.69, 9.17) is 11.6 Å². The van der Waals surface area contributed by atoms with Gasteiger partial charge in [0, 0.05) is 17.8 Å². The first-order chi connectivity index (χ1) is 11.8. The molecule has 0 fully saturated rings. The second-order valence-corrected chi connectivity index (χ2v) is 6.86. The van der Waals surface area contributed by atoms with E-state index in [2.05, 4.69) is 4.98 Å². The second kappa shape index (κ2) is 7.14. The minimum atomic E-state index is -4.33. The molecule has 25 heavy (non-hydrogen) atoms. The molecule has 1 aromatic heterocycles. The number of aromatic nitrogens is 2. The Morgan fingerprint density at radius 2 is 1.84 bits per heavy atom. The number of imidazole rings is 1. The van der Waals surface area contributed by atoms with Gasteiger partial charge in [-0.3, -0.25) is 0 Å². The lowest BCUT2D eigenvalue weighted by Gasteiger charge is -2.09. The third kappa shape index (κ3) is 4.19. The number of hydrogen-bond acceptors (Lipinski definition) is 2. The summed E-state index contributed by atoms with van der Waals surface area (Å²) in [6.07, 6.45) is -2.58. The van der Waals surface area contributed by atoms with Gasteiger partial charge in [-0.05, 0) is 29.3 Å². The van der Waals surface area contributed by atoms with Crippen molar-refractivity contribution in [1.82, 2.24) is 9.55 Å². The average Bonchev–Trinajstić information content (AvgIpc) is 2.94. The fourth-order valence-electron chi connectivity index (χ4n) is 2.40. The van der Waals surface area contributed by atoms with E-state index in [1.165, 1.54) is 23.9 Å². The van der Waals surface area contributed by atoms with Crippen LogP contribution in [-0.4, -0.2) is 9.55 Å². The zero-order valence-corrected chi connectivity index (χ0v) is 14.8. The summed E-state index contributed by atoms with van der Waals surface area (Å²) in [4.78, 5) is 4.37. The van der Waals surface area contributed by atoms with Crippen LogP contribution >= 0.6 is 23.4 Å². The van der Waals surface area contributed by atoms with Gasteiger partial charge < -0.3 is 4.57 Å². The number of benzene rings is 2. The van der Waals surface area contributed by atoms with Gasteiger partial charge in [-0.25, -0.2) is 4.98 Å². The van der Waals surface area contributed by atoms with Crippen LogP contribution in [0, 0.1) is 0 Å². The molecule has 3 rings (SSSR count). The highest BCUT2D eigenvalue weighted by atomic mass is 35.5. The highest BCUT2D eigenvalue weighted by Crippen LogP contribution is 2.32. The zero-order valence-electron chi connectivity index (χ0n) is 13.2. The standard InChI is InChI=1S/C18H14ClF3N2S/c1-24-16(13-5-7-15(19)8-6-13)10-23-17(24)25-11-12-3-2-4-14(9-12)18(20,21)22/h2-10H,11H2,1H3. The SMILES string of the molecule is Cn1c(-c2ccc(Cl)cc2)cnc1SCc1cccc(C(F)(F)F)c1. The first kappa shape index (κ1) is 17.9. The van der Waals surface area contributed by atoms with Crippen LogP contribution in [0.1, 0.15) is 11.1 Å². The van der Waals surface area contributed by atoms with Crippen LogP contribution in [0.25, 0.3) is 11.3 Å². The molecule has 1 heterocycles. The van der Waals surface area contributed by atoms with Crippen molar-refractivity contribution in [2.75, 3.05) is 0 Å². The molecule has 0 saturated heterocycles. The van der Waals surface area contributed by atoms with Crippen LogP contribution in [0.2, 0.25) is 5.02 Å². The molecule has 0 amide bonds. The van der Waals surface area contributed by atoms with Gasteiger partial charge in [-0.15, -0.1) is 0 Å². The summed E-state index contributed by atoms with van der Waals surface area (Å²) in [7, 11) is 1.88. The minimum absolute atomic E-state index is 0.412. The summed E-state index contributed by atoms with van der Waals surface area (Å²) in [5.74, 6) is 0.412. The van der Waals surface area contributed by atoms with Crippen molar-refractivity contribution in [1.29, 1.82) is 0 Å². The topological polar surface area (TPSA) is 17.8 Å². The van der Waals surface area contributed by atoms with E-state index >= 15 is 0 Å². The molecule has 7 heteroatoms. The van der Waals surface area contributed by atoms with E-state index in [-0.39, 0.29) is 0 Å². The molecule has 130 valence electrons. The van der Waals surface area contributed by atoms with Gasteiger partial charge >= 0.3 is 6.18 Å². The Balaban J connectivity index is 1.76. The molecule has 0 radical (unpaired) electrons. The Hall–Kier alpha value is -1.92. The number of halogens is 4.